The van der Waals surface area contributed by atoms with Gasteiger partial charge in [0.1, 0.15) is 5.03 Å². The molecule has 0 fully saturated rings. The smallest absolute Gasteiger partial charge is 0.348 e. The van der Waals surface area contributed by atoms with Crippen molar-refractivity contribution in [1.29, 1.82) is 0 Å². The van der Waals surface area contributed by atoms with Crippen molar-refractivity contribution in [2.75, 3.05) is 12.4 Å². The van der Waals surface area contributed by atoms with Crippen molar-refractivity contribution in [2.45, 2.75) is 63.6 Å². The van der Waals surface area contributed by atoms with Gasteiger partial charge in [-0.15, -0.1) is 0 Å². The number of carbonyl (C=O) groups is 1. The Morgan fingerprint density at radius 1 is 1.39 bits per heavy atom. The number of hydrogen-bond acceptors (Lipinski definition) is 5. The van der Waals surface area contributed by atoms with E-state index in [1.165, 1.54) is 11.8 Å². The lowest BCUT2D eigenvalue weighted by Crippen LogP contribution is -2.32. The maximum atomic E-state index is 12.3. The molecular formula is C16H25N3O3S. The largest absolute Gasteiger partial charge is 0.396 e. The second kappa shape index (κ2) is 8.49. The lowest BCUT2D eigenvalue weighted by atomic mass is 9.97. The summed E-state index contributed by atoms with van der Waals surface area (Å²) in [5, 5.41) is 12.6. The van der Waals surface area contributed by atoms with Gasteiger partial charge in [0.2, 0.25) is 5.91 Å². The predicted octanol–water partition coefficient (Wildman–Crippen LogP) is 1.12. The predicted molar refractivity (Wildman–Crippen MR) is 90.8 cm³/mol. The molecule has 0 spiro atoms. The number of hydrogen-bond donors (Lipinski definition) is 2. The topological polar surface area (TPSA) is 84.2 Å². The van der Waals surface area contributed by atoms with Crippen LogP contribution in [0.4, 0.5) is 0 Å². The number of fused-ring (bicyclic) bond motifs is 1. The van der Waals surface area contributed by atoms with E-state index in [0.717, 1.165) is 36.9 Å². The summed E-state index contributed by atoms with van der Waals surface area (Å²) in [7, 11) is 0. The van der Waals surface area contributed by atoms with Crippen molar-refractivity contribution >= 4 is 17.7 Å². The molecule has 0 unspecified atom stereocenters. The lowest BCUT2D eigenvalue weighted by Gasteiger charge is -2.22. The number of rotatable bonds is 7. The fourth-order valence-corrected chi connectivity index (χ4v) is 3.71. The molecule has 128 valence electrons. The van der Waals surface area contributed by atoms with Gasteiger partial charge >= 0.3 is 5.69 Å². The quantitative estimate of drug-likeness (QED) is 0.574. The van der Waals surface area contributed by atoms with Gasteiger partial charge in [0, 0.05) is 30.5 Å². The highest BCUT2D eigenvalue weighted by atomic mass is 32.2. The van der Waals surface area contributed by atoms with Crippen LogP contribution in [0.1, 0.15) is 44.4 Å². The van der Waals surface area contributed by atoms with Crippen molar-refractivity contribution in [3.8, 4) is 0 Å². The lowest BCUT2D eigenvalue weighted by molar-refractivity contribution is -0.119. The molecule has 0 aliphatic heterocycles. The van der Waals surface area contributed by atoms with Crippen LogP contribution >= 0.6 is 11.8 Å². The van der Waals surface area contributed by atoms with E-state index in [1.54, 1.807) is 4.57 Å². The van der Waals surface area contributed by atoms with Gasteiger partial charge in [0.05, 0.1) is 5.75 Å². The van der Waals surface area contributed by atoms with Crippen molar-refractivity contribution in [1.82, 2.24) is 14.9 Å². The number of aliphatic hydroxyl groups excluding tert-OH is 1. The van der Waals surface area contributed by atoms with Gasteiger partial charge in [-0.1, -0.05) is 11.8 Å². The minimum Gasteiger partial charge on any atom is -0.396 e. The highest BCUT2D eigenvalue weighted by molar-refractivity contribution is 7.99. The summed E-state index contributed by atoms with van der Waals surface area (Å²) in [5.41, 5.74) is 1.87. The van der Waals surface area contributed by atoms with E-state index in [1.807, 2.05) is 13.8 Å². The van der Waals surface area contributed by atoms with E-state index in [4.69, 9.17) is 5.11 Å². The maximum absolute atomic E-state index is 12.3. The summed E-state index contributed by atoms with van der Waals surface area (Å²) in [5.74, 6) is 0.235. The number of aliphatic hydroxyl groups is 1. The second-order valence-electron chi connectivity index (χ2n) is 6.07. The third-order valence-corrected chi connectivity index (χ3v) is 4.80. The number of nitrogens with one attached hydrogen (secondary N) is 1. The fourth-order valence-electron chi connectivity index (χ4n) is 2.82. The Kier molecular flexibility index (Phi) is 6.65. The zero-order valence-corrected chi connectivity index (χ0v) is 14.6. The zero-order valence-electron chi connectivity index (χ0n) is 13.8. The summed E-state index contributed by atoms with van der Waals surface area (Å²) in [4.78, 5) is 28.3. The van der Waals surface area contributed by atoms with Crippen LogP contribution in [0.2, 0.25) is 0 Å². The highest BCUT2D eigenvalue weighted by Crippen LogP contribution is 2.28. The van der Waals surface area contributed by atoms with Crippen molar-refractivity contribution in [3.05, 3.63) is 21.7 Å². The standard InChI is InChI=1S/C16H25N3O3S/c1-11(2)17-14(21)10-23-15-12-6-3-4-7-13(12)19(8-5-9-20)16(22)18-15/h11,20H,3-10H2,1-2H3,(H,17,21). The molecule has 6 nitrogen and oxygen atoms in total. The first-order valence-corrected chi connectivity index (χ1v) is 9.17. The monoisotopic (exact) mass is 339 g/mol. The van der Waals surface area contributed by atoms with Gasteiger partial charge in [-0.3, -0.25) is 9.36 Å². The van der Waals surface area contributed by atoms with Gasteiger partial charge in [0.15, 0.2) is 0 Å². The van der Waals surface area contributed by atoms with Crippen LogP contribution in [0.15, 0.2) is 9.82 Å². The second-order valence-corrected chi connectivity index (χ2v) is 7.04. The molecule has 1 heterocycles. The molecule has 0 aromatic carbocycles. The Morgan fingerprint density at radius 2 is 2.13 bits per heavy atom. The minimum atomic E-state index is -0.272. The molecule has 1 aromatic heterocycles. The molecule has 7 heteroatoms. The number of carbonyl (C=O) groups excluding carboxylic acids is 1. The van der Waals surface area contributed by atoms with Gasteiger partial charge in [-0.05, 0) is 46.0 Å². The summed E-state index contributed by atoms with van der Waals surface area (Å²) >= 11 is 1.35. The summed E-state index contributed by atoms with van der Waals surface area (Å²) in [6.45, 7) is 4.41. The molecule has 23 heavy (non-hydrogen) atoms. The van der Waals surface area contributed by atoms with Crippen LogP contribution in [0, 0.1) is 0 Å². The first kappa shape index (κ1) is 18.0. The first-order valence-electron chi connectivity index (χ1n) is 8.18. The summed E-state index contributed by atoms with van der Waals surface area (Å²) in [6.07, 6.45) is 4.46. The Labute approximate surface area is 140 Å². The third-order valence-electron chi connectivity index (χ3n) is 3.78. The van der Waals surface area contributed by atoms with Crippen LogP contribution in [0.5, 0.6) is 0 Å². The van der Waals surface area contributed by atoms with E-state index < -0.39 is 0 Å². The van der Waals surface area contributed by atoms with Gasteiger partial charge in [-0.2, -0.15) is 4.98 Å². The number of aromatic nitrogens is 2. The van der Waals surface area contributed by atoms with Crippen LogP contribution in [-0.4, -0.2) is 39.0 Å². The third kappa shape index (κ3) is 4.81. The van der Waals surface area contributed by atoms with Gasteiger partial charge in [0.25, 0.3) is 0 Å². The average Bonchev–Trinajstić information content (AvgIpc) is 2.51. The molecule has 0 radical (unpaired) electrons. The fraction of sp³-hybridized carbons (Fsp3) is 0.688. The molecule has 0 saturated carbocycles. The van der Waals surface area contributed by atoms with Crippen LogP contribution in [0.25, 0.3) is 0 Å². The molecule has 0 bridgehead atoms. The van der Waals surface area contributed by atoms with Crippen molar-refractivity contribution in [2.24, 2.45) is 0 Å². The molecule has 1 aromatic rings. The average molecular weight is 339 g/mol. The Bertz CT molecular complexity index is 613. The van der Waals surface area contributed by atoms with E-state index in [0.29, 0.717) is 18.0 Å². The first-order chi connectivity index (χ1) is 11.0. The van der Waals surface area contributed by atoms with E-state index in [9.17, 15) is 9.59 Å². The Morgan fingerprint density at radius 3 is 2.83 bits per heavy atom. The molecule has 1 aliphatic rings. The molecular weight excluding hydrogens is 314 g/mol. The van der Waals surface area contributed by atoms with Crippen molar-refractivity contribution in [3.63, 3.8) is 0 Å². The maximum Gasteiger partial charge on any atom is 0.348 e. The molecule has 1 aliphatic carbocycles. The number of nitrogens with zero attached hydrogens (tertiary/aromatic N) is 2. The minimum absolute atomic E-state index is 0.0409. The molecule has 2 rings (SSSR count). The molecule has 0 saturated heterocycles. The molecule has 0 atom stereocenters. The SMILES string of the molecule is CC(C)NC(=O)CSc1nc(=O)n(CCCO)c2c1CCCC2. The van der Waals surface area contributed by atoms with Gasteiger partial charge < -0.3 is 10.4 Å². The van der Waals surface area contributed by atoms with Crippen LogP contribution < -0.4 is 11.0 Å². The van der Waals surface area contributed by atoms with Crippen LogP contribution in [0.3, 0.4) is 0 Å². The van der Waals surface area contributed by atoms with E-state index in [2.05, 4.69) is 10.3 Å². The molecule has 1 amide bonds. The number of amides is 1. The molecule has 2 N–H and O–H groups in total. The number of thioether (sulfide) groups is 1. The van der Waals surface area contributed by atoms with Crippen molar-refractivity contribution < 1.29 is 9.90 Å². The highest BCUT2D eigenvalue weighted by Gasteiger charge is 2.20. The van der Waals surface area contributed by atoms with Gasteiger partial charge in [-0.25, -0.2) is 4.79 Å². The summed E-state index contributed by atoms with van der Waals surface area (Å²) < 4.78 is 1.70. The Balaban J connectivity index is 2.22. The van der Waals surface area contributed by atoms with E-state index >= 15 is 0 Å². The Hall–Kier alpha value is -1.34. The van der Waals surface area contributed by atoms with E-state index in [-0.39, 0.29) is 30.0 Å². The zero-order chi connectivity index (χ0) is 16.8. The van der Waals surface area contributed by atoms with Crippen LogP contribution in [-0.2, 0) is 24.2 Å². The normalized spacial score (nSPS) is 13.9. The summed E-state index contributed by atoms with van der Waals surface area (Å²) in [6, 6.07) is 0.108.